The number of halogens is 1. The Morgan fingerprint density at radius 2 is 2.11 bits per heavy atom. The van der Waals surface area contributed by atoms with Gasteiger partial charge in [0.25, 0.3) is 0 Å². The van der Waals surface area contributed by atoms with Crippen molar-refractivity contribution in [2.45, 2.75) is 57.2 Å². The van der Waals surface area contributed by atoms with Crippen LogP contribution >= 0.6 is 0 Å². The highest BCUT2D eigenvalue weighted by Gasteiger charge is 2.28. The molecule has 0 amide bonds. The zero-order valence-corrected chi connectivity index (χ0v) is 11.1. The molecule has 1 aliphatic heterocycles. The Hall–Kier alpha value is -1.09. The fourth-order valence-corrected chi connectivity index (χ4v) is 3.44. The van der Waals surface area contributed by atoms with Crippen molar-refractivity contribution in [3.05, 3.63) is 29.6 Å². The van der Waals surface area contributed by atoms with E-state index < -0.39 is 0 Å². The first kappa shape index (κ1) is 12.9. The van der Waals surface area contributed by atoms with Gasteiger partial charge in [0.15, 0.2) is 0 Å². The van der Waals surface area contributed by atoms with Crippen LogP contribution in [0.15, 0.2) is 18.2 Å². The Labute approximate surface area is 113 Å². The minimum Gasteiger partial charge on any atom is -0.490 e. The summed E-state index contributed by atoms with van der Waals surface area (Å²) in [6.07, 6.45) is 7.15. The first-order valence-corrected chi connectivity index (χ1v) is 7.34. The number of hydrogen-bond donors (Lipinski definition) is 1. The number of rotatable bonds is 2. The average Bonchev–Trinajstić information content (AvgIpc) is 2.63. The summed E-state index contributed by atoms with van der Waals surface area (Å²) in [5, 5.41) is 9.85. The molecule has 1 aromatic carbocycles. The molecule has 0 saturated heterocycles. The van der Waals surface area contributed by atoms with Crippen molar-refractivity contribution in [2.24, 2.45) is 5.92 Å². The van der Waals surface area contributed by atoms with Crippen molar-refractivity contribution in [3.63, 3.8) is 0 Å². The molecule has 3 rings (SSSR count). The molecule has 104 valence electrons. The molecule has 19 heavy (non-hydrogen) atoms. The molecule has 2 nitrogen and oxygen atoms in total. The lowest BCUT2D eigenvalue weighted by molar-refractivity contribution is 0.122. The Balaban J connectivity index is 1.60. The summed E-state index contributed by atoms with van der Waals surface area (Å²) in [6.45, 7) is 0. The van der Waals surface area contributed by atoms with Crippen LogP contribution in [0, 0.1) is 11.7 Å². The van der Waals surface area contributed by atoms with E-state index in [0.717, 1.165) is 43.4 Å². The van der Waals surface area contributed by atoms with Gasteiger partial charge in [-0.25, -0.2) is 4.39 Å². The zero-order valence-electron chi connectivity index (χ0n) is 11.1. The van der Waals surface area contributed by atoms with Gasteiger partial charge in [0.1, 0.15) is 17.7 Å². The van der Waals surface area contributed by atoms with Crippen LogP contribution in [0.3, 0.4) is 0 Å². The smallest absolute Gasteiger partial charge is 0.123 e. The predicted octanol–water partition coefficient (Wildman–Crippen LogP) is 3.46. The second-order valence-corrected chi connectivity index (χ2v) is 5.97. The monoisotopic (exact) mass is 264 g/mol. The summed E-state index contributed by atoms with van der Waals surface area (Å²) < 4.78 is 19.1. The van der Waals surface area contributed by atoms with Crippen LogP contribution in [0.5, 0.6) is 5.75 Å². The second kappa shape index (κ2) is 5.49. The molecule has 1 heterocycles. The van der Waals surface area contributed by atoms with Gasteiger partial charge >= 0.3 is 0 Å². The van der Waals surface area contributed by atoms with Crippen LogP contribution in [0.25, 0.3) is 0 Å². The fraction of sp³-hybridized carbons (Fsp3) is 0.625. The standard InChI is InChI=1S/C16H21FO2/c17-13-5-6-16-12(9-13)10-15(19-16)8-11-3-1-2-4-14(18)7-11/h5-6,9,11,14-15,18H,1-4,7-8,10H2. The molecule has 2 aliphatic rings. The average molecular weight is 264 g/mol. The van der Waals surface area contributed by atoms with Crippen molar-refractivity contribution >= 4 is 0 Å². The molecular weight excluding hydrogens is 243 g/mol. The quantitative estimate of drug-likeness (QED) is 0.829. The number of aliphatic hydroxyl groups excluding tert-OH is 1. The van der Waals surface area contributed by atoms with E-state index in [1.807, 2.05) is 0 Å². The van der Waals surface area contributed by atoms with Crippen LogP contribution in [0.1, 0.15) is 44.1 Å². The first-order chi connectivity index (χ1) is 9.20. The van der Waals surface area contributed by atoms with Crippen molar-refractivity contribution < 1.29 is 14.2 Å². The number of fused-ring (bicyclic) bond motifs is 1. The lowest BCUT2D eigenvalue weighted by Crippen LogP contribution is -2.20. The topological polar surface area (TPSA) is 29.5 Å². The lowest BCUT2D eigenvalue weighted by atomic mass is 9.91. The molecule has 1 saturated carbocycles. The number of aliphatic hydroxyl groups is 1. The zero-order chi connectivity index (χ0) is 13.2. The fourth-order valence-electron chi connectivity index (χ4n) is 3.44. The molecule has 1 fully saturated rings. The van der Waals surface area contributed by atoms with E-state index in [-0.39, 0.29) is 18.0 Å². The van der Waals surface area contributed by atoms with Gasteiger partial charge < -0.3 is 9.84 Å². The van der Waals surface area contributed by atoms with Gasteiger partial charge in [-0.2, -0.15) is 0 Å². The van der Waals surface area contributed by atoms with Gasteiger partial charge in [0, 0.05) is 12.0 Å². The van der Waals surface area contributed by atoms with E-state index in [9.17, 15) is 9.50 Å². The summed E-state index contributed by atoms with van der Waals surface area (Å²) >= 11 is 0. The van der Waals surface area contributed by atoms with Crippen molar-refractivity contribution in [3.8, 4) is 5.75 Å². The Morgan fingerprint density at radius 3 is 3.00 bits per heavy atom. The molecular formula is C16H21FO2. The van der Waals surface area contributed by atoms with Gasteiger partial charge in [0.05, 0.1) is 6.10 Å². The lowest BCUT2D eigenvalue weighted by Gasteiger charge is -2.20. The van der Waals surface area contributed by atoms with Crippen molar-refractivity contribution in [1.29, 1.82) is 0 Å². The summed E-state index contributed by atoms with van der Waals surface area (Å²) in [4.78, 5) is 0. The molecule has 3 unspecified atom stereocenters. The number of benzene rings is 1. The van der Waals surface area contributed by atoms with Crippen LogP contribution in [0.4, 0.5) is 4.39 Å². The maximum atomic E-state index is 13.2. The van der Waals surface area contributed by atoms with Crippen molar-refractivity contribution in [1.82, 2.24) is 0 Å². The van der Waals surface area contributed by atoms with Gasteiger partial charge in [-0.15, -0.1) is 0 Å². The highest BCUT2D eigenvalue weighted by Crippen LogP contribution is 2.34. The molecule has 0 aromatic heterocycles. The SMILES string of the molecule is OC1CCCCC(CC2Cc3cc(F)ccc3O2)C1. The number of hydrogen-bond acceptors (Lipinski definition) is 2. The Kier molecular flexibility index (Phi) is 3.74. The van der Waals surface area contributed by atoms with Crippen LogP contribution in [-0.4, -0.2) is 17.3 Å². The summed E-state index contributed by atoms with van der Waals surface area (Å²) in [7, 11) is 0. The molecule has 0 bridgehead atoms. The Morgan fingerprint density at radius 1 is 1.26 bits per heavy atom. The third kappa shape index (κ3) is 3.08. The van der Waals surface area contributed by atoms with Crippen LogP contribution in [-0.2, 0) is 6.42 Å². The largest absolute Gasteiger partial charge is 0.490 e. The summed E-state index contributed by atoms with van der Waals surface area (Å²) in [5.74, 6) is 1.19. The van der Waals surface area contributed by atoms with Gasteiger partial charge in [-0.05, 0) is 43.4 Å². The second-order valence-electron chi connectivity index (χ2n) is 5.97. The minimum atomic E-state index is -0.187. The van der Waals surface area contributed by atoms with E-state index in [2.05, 4.69) is 0 Å². The van der Waals surface area contributed by atoms with Gasteiger partial charge in [-0.1, -0.05) is 19.3 Å². The maximum absolute atomic E-state index is 13.2. The summed E-state index contributed by atoms with van der Waals surface area (Å²) in [5.41, 5.74) is 0.985. The maximum Gasteiger partial charge on any atom is 0.123 e. The third-order valence-corrected chi connectivity index (χ3v) is 4.37. The van der Waals surface area contributed by atoms with Crippen LogP contribution < -0.4 is 4.74 Å². The van der Waals surface area contributed by atoms with E-state index in [1.165, 1.54) is 18.9 Å². The molecule has 1 aromatic rings. The summed E-state index contributed by atoms with van der Waals surface area (Å²) in [6, 6.07) is 4.76. The van der Waals surface area contributed by atoms with E-state index in [0.29, 0.717) is 5.92 Å². The minimum absolute atomic E-state index is 0.145. The first-order valence-electron chi connectivity index (χ1n) is 7.34. The van der Waals surface area contributed by atoms with E-state index in [4.69, 9.17) is 4.74 Å². The Bertz CT molecular complexity index is 446. The number of ether oxygens (including phenoxy) is 1. The molecule has 1 N–H and O–H groups in total. The van der Waals surface area contributed by atoms with Gasteiger partial charge in [0.2, 0.25) is 0 Å². The van der Waals surface area contributed by atoms with E-state index >= 15 is 0 Å². The normalized spacial score (nSPS) is 30.5. The molecule has 3 atom stereocenters. The van der Waals surface area contributed by atoms with Crippen LogP contribution in [0.2, 0.25) is 0 Å². The third-order valence-electron chi connectivity index (χ3n) is 4.37. The molecule has 0 spiro atoms. The predicted molar refractivity (Wildman–Crippen MR) is 71.7 cm³/mol. The molecule has 3 heteroatoms. The molecule has 1 aliphatic carbocycles. The van der Waals surface area contributed by atoms with Crippen molar-refractivity contribution in [2.75, 3.05) is 0 Å². The van der Waals surface area contributed by atoms with E-state index in [1.54, 1.807) is 12.1 Å². The highest BCUT2D eigenvalue weighted by atomic mass is 19.1. The molecule has 0 radical (unpaired) electrons. The van der Waals surface area contributed by atoms with Gasteiger partial charge in [-0.3, -0.25) is 0 Å². The highest BCUT2D eigenvalue weighted by molar-refractivity contribution is 5.37.